The number of halogens is 3. The molecule has 1 N–H and O–H groups in total. The number of hydrogen-bond acceptors (Lipinski definition) is 3. The molecule has 112 valence electrons. The molecule has 0 fully saturated rings. The molecular weight excluding hydrogens is 279 g/mol. The summed E-state index contributed by atoms with van der Waals surface area (Å²) in [6.45, 7) is 3.44. The number of nitrogens with one attached hydrogen (secondary N) is 1. The van der Waals surface area contributed by atoms with E-state index in [1.165, 1.54) is 6.07 Å². The summed E-state index contributed by atoms with van der Waals surface area (Å²) in [4.78, 5) is 8.37. The van der Waals surface area contributed by atoms with Crippen molar-refractivity contribution >= 4 is 0 Å². The highest BCUT2D eigenvalue weighted by molar-refractivity contribution is 5.38. The lowest BCUT2D eigenvalue weighted by atomic mass is 9.96. The Morgan fingerprint density at radius 2 is 1.86 bits per heavy atom. The average Bonchev–Trinajstić information content (AvgIpc) is 2.40. The molecular formula is C15H16F3N3. The van der Waals surface area contributed by atoms with Crippen LogP contribution >= 0.6 is 0 Å². The molecule has 21 heavy (non-hydrogen) atoms. The maximum Gasteiger partial charge on any atom is 0.416 e. The van der Waals surface area contributed by atoms with Crippen LogP contribution in [0, 0.1) is 13.8 Å². The summed E-state index contributed by atoms with van der Waals surface area (Å²) in [5.74, 6) is 0.623. The number of nitrogens with zero attached hydrogens (tertiary/aromatic N) is 2. The Bertz CT molecular complexity index is 638. The molecule has 0 aliphatic heterocycles. The van der Waals surface area contributed by atoms with Crippen LogP contribution in [0.5, 0.6) is 0 Å². The lowest BCUT2D eigenvalue weighted by molar-refractivity contribution is -0.137. The van der Waals surface area contributed by atoms with E-state index in [-0.39, 0.29) is 6.04 Å². The van der Waals surface area contributed by atoms with Crippen molar-refractivity contribution in [3.63, 3.8) is 0 Å². The number of benzene rings is 1. The van der Waals surface area contributed by atoms with Gasteiger partial charge in [0.15, 0.2) is 0 Å². The number of aromatic nitrogens is 2. The molecule has 1 heterocycles. The molecule has 2 rings (SSSR count). The Hall–Kier alpha value is -1.95. The van der Waals surface area contributed by atoms with E-state index in [1.54, 1.807) is 33.2 Å². The largest absolute Gasteiger partial charge is 0.416 e. The topological polar surface area (TPSA) is 37.8 Å². The summed E-state index contributed by atoms with van der Waals surface area (Å²) in [5.41, 5.74) is 1.43. The maximum atomic E-state index is 12.7. The first kappa shape index (κ1) is 15.4. The molecule has 0 spiro atoms. The standard InChI is InChI=1S/C15H16F3N3/c1-9-8-11(15(16,17)18)4-5-12(9)14(19-3)13-6-7-20-10(2)21-13/h4-8,14,19H,1-3H3. The molecule has 1 aromatic heterocycles. The van der Waals surface area contributed by atoms with Crippen molar-refractivity contribution < 1.29 is 13.2 Å². The zero-order valence-electron chi connectivity index (χ0n) is 12.0. The van der Waals surface area contributed by atoms with Crippen molar-refractivity contribution in [3.8, 4) is 0 Å². The lowest BCUT2D eigenvalue weighted by Gasteiger charge is -2.20. The van der Waals surface area contributed by atoms with E-state index in [2.05, 4.69) is 15.3 Å². The van der Waals surface area contributed by atoms with Crippen molar-refractivity contribution in [3.05, 3.63) is 58.7 Å². The Balaban J connectivity index is 2.44. The normalized spacial score (nSPS) is 13.2. The molecule has 0 radical (unpaired) electrons. The first-order valence-electron chi connectivity index (χ1n) is 6.47. The van der Waals surface area contributed by atoms with Gasteiger partial charge in [-0.2, -0.15) is 13.2 Å². The monoisotopic (exact) mass is 295 g/mol. The summed E-state index contributed by atoms with van der Waals surface area (Å²) >= 11 is 0. The van der Waals surface area contributed by atoms with Crippen LogP contribution in [0.2, 0.25) is 0 Å². The zero-order valence-corrected chi connectivity index (χ0v) is 12.0. The molecule has 0 bridgehead atoms. The first-order chi connectivity index (χ1) is 9.82. The van der Waals surface area contributed by atoms with Gasteiger partial charge in [0.1, 0.15) is 5.82 Å². The van der Waals surface area contributed by atoms with E-state index in [9.17, 15) is 13.2 Å². The third-order valence-electron chi connectivity index (χ3n) is 3.29. The van der Waals surface area contributed by atoms with E-state index >= 15 is 0 Å². The van der Waals surface area contributed by atoms with Gasteiger partial charge in [-0.25, -0.2) is 9.97 Å². The van der Waals surface area contributed by atoms with Crippen molar-refractivity contribution in [1.29, 1.82) is 0 Å². The smallest absolute Gasteiger partial charge is 0.308 e. The van der Waals surface area contributed by atoms with Gasteiger partial charge >= 0.3 is 6.18 Å². The Morgan fingerprint density at radius 3 is 2.38 bits per heavy atom. The van der Waals surface area contributed by atoms with Gasteiger partial charge in [-0.15, -0.1) is 0 Å². The third-order valence-corrected chi connectivity index (χ3v) is 3.29. The summed E-state index contributed by atoms with van der Waals surface area (Å²) in [5, 5.41) is 3.09. The number of alkyl halides is 3. The van der Waals surface area contributed by atoms with E-state index < -0.39 is 11.7 Å². The average molecular weight is 295 g/mol. The van der Waals surface area contributed by atoms with Gasteiger partial charge in [-0.1, -0.05) is 6.07 Å². The third kappa shape index (κ3) is 3.39. The van der Waals surface area contributed by atoms with Gasteiger partial charge in [0.05, 0.1) is 17.3 Å². The number of rotatable bonds is 3. The molecule has 1 unspecified atom stereocenters. The maximum absolute atomic E-state index is 12.7. The van der Waals surface area contributed by atoms with E-state index in [4.69, 9.17) is 0 Å². The summed E-state index contributed by atoms with van der Waals surface area (Å²) in [7, 11) is 1.75. The van der Waals surface area contributed by atoms with Crippen LogP contribution < -0.4 is 5.32 Å². The van der Waals surface area contributed by atoms with Crippen LogP contribution in [0.1, 0.15) is 34.3 Å². The Labute approximate surface area is 121 Å². The minimum atomic E-state index is -4.33. The van der Waals surface area contributed by atoms with Crippen LogP contribution in [0.4, 0.5) is 13.2 Å². The fraction of sp³-hybridized carbons (Fsp3) is 0.333. The van der Waals surface area contributed by atoms with Gasteiger partial charge in [-0.3, -0.25) is 0 Å². The van der Waals surface area contributed by atoms with Crippen molar-refractivity contribution in [2.75, 3.05) is 7.05 Å². The fourth-order valence-corrected chi connectivity index (χ4v) is 2.27. The van der Waals surface area contributed by atoms with Crippen LogP contribution in [0.15, 0.2) is 30.5 Å². The second-order valence-electron chi connectivity index (χ2n) is 4.82. The number of hydrogen-bond donors (Lipinski definition) is 1. The van der Waals surface area contributed by atoms with Gasteiger partial charge in [0, 0.05) is 6.20 Å². The van der Waals surface area contributed by atoms with Gasteiger partial charge in [-0.05, 0) is 50.2 Å². The molecule has 2 aromatic rings. The van der Waals surface area contributed by atoms with E-state index in [1.807, 2.05) is 0 Å². The lowest BCUT2D eigenvalue weighted by Crippen LogP contribution is -2.21. The molecule has 0 aliphatic rings. The van der Waals surface area contributed by atoms with Crippen LogP contribution in [0.3, 0.4) is 0 Å². The predicted octanol–water partition coefficient (Wildman–Crippen LogP) is 3.42. The SMILES string of the molecule is CNC(c1ccnc(C)n1)c1ccc(C(F)(F)F)cc1C. The molecule has 0 saturated carbocycles. The zero-order chi connectivity index (χ0) is 15.6. The van der Waals surface area contributed by atoms with E-state index in [0.29, 0.717) is 11.4 Å². The van der Waals surface area contributed by atoms with Gasteiger partial charge < -0.3 is 5.32 Å². The van der Waals surface area contributed by atoms with Crippen LogP contribution in [0.25, 0.3) is 0 Å². The Morgan fingerprint density at radius 1 is 1.14 bits per heavy atom. The second-order valence-corrected chi connectivity index (χ2v) is 4.82. The predicted molar refractivity (Wildman–Crippen MR) is 73.9 cm³/mol. The van der Waals surface area contributed by atoms with Crippen molar-refractivity contribution in [2.24, 2.45) is 0 Å². The quantitative estimate of drug-likeness (QED) is 0.943. The highest BCUT2D eigenvalue weighted by Gasteiger charge is 2.31. The number of aryl methyl sites for hydroxylation is 2. The molecule has 0 aliphatic carbocycles. The Kier molecular flexibility index (Phi) is 4.27. The highest BCUT2D eigenvalue weighted by Crippen LogP contribution is 2.32. The summed E-state index contributed by atoms with van der Waals surface area (Å²) in [6, 6.07) is 5.24. The van der Waals surface area contributed by atoms with Crippen molar-refractivity contribution in [1.82, 2.24) is 15.3 Å². The summed E-state index contributed by atoms with van der Waals surface area (Å²) in [6.07, 6.45) is -2.69. The second kappa shape index (κ2) is 5.81. The molecule has 0 saturated heterocycles. The van der Waals surface area contributed by atoms with Crippen LogP contribution in [-0.2, 0) is 6.18 Å². The van der Waals surface area contributed by atoms with Gasteiger partial charge in [0.25, 0.3) is 0 Å². The molecule has 1 aromatic carbocycles. The highest BCUT2D eigenvalue weighted by atomic mass is 19.4. The fourth-order valence-electron chi connectivity index (χ4n) is 2.27. The minimum Gasteiger partial charge on any atom is -0.308 e. The summed E-state index contributed by atoms with van der Waals surface area (Å²) < 4.78 is 38.2. The van der Waals surface area contributed by atoms with Crippen molar-refractivity contribution in [2.45, 2.75) is 26.1 Å². The molecule has 3 nitrogen and oxygen atoms in total. The molecule has 1 atom stereocenters. The molecule has 6 heteroatoms. The van der Waals surface area contributed by atoms with Gasteiger partial charge in [0.2, 0.25) is 0 Å². The first-order valence-corrected chi connectivity index (χ1v) is 6.47. The molecule has 0 amide bonds. The van der Waals surface area contributed by atoms with E-state index in [0.717, 1.165) is 23.4 Å². The van der Waals surface area contributed by atoms with Crippen LogP contribution in [-0.4, -0.2) is 17.0 Å². The minimum absolute atomic E-state index is 0.269.